The molecule has 6 heteroatoms. The zero-order valence-corrected chi connectivity index (χ0v) is 11.2. The maximum Gasteiger partial charge on any atom is 0.139 e. The van der Waals surface area contributed by atoms with Gasteiger partial charge in [0.05, 0.1) is 11.6 Å². The largest absolute Gasteiger partial charge is 0.368 e. The summed E-state index contributed by atoms with van der Waals surface area (Å²) in [7, 11) is 1.96. The zero-order valence-electron chi connectivity index (χ0n) is 11.2. The van der Waals surface area contributed by atoms with Crippen LogP contribution < -0.4 is 5.32 Å². The Balaban J connectivity index is 1.76. The number of nitrogens with one attached hydrogen (secondary N) is 1. The Hall–Kier alpha value is -2.39. The van der Waals surface area contributed by atoms with Crippen LogP contribution in [0, 0.1) is 11.3 Å². The molecule has 2 atom stereocenters. The van der Waals surface area contributed by atoms with Crippen molar-refractivity contribution < 1.29 is 4.74 Å². The van der Waals surface area contributed by atoms with Crippen LogP contribution in [0.15, 0.2) is 30.7 Å². The van der Waals surface area contributed by atoms with Gasteiger partial charge in [0.25, 0.3) is 0 Å². The summed E-state index contributed by atoms with van der Waals surface area (Å²) in [6.07, 6.45) is 6.07. The first kappa shape index (κ1) is 12.6. The molecule has 2 aromatic heterocycles. The fraction of sp³-hybridized carbons (Fsp3) is 0.357. The Kier molecular flexibility index (Phi) is 3.35. The van der Waals surface area contributed by atoms with Crippen LogP contribution in [-0.4, -0.2) is 27.2 Å². The van der Waals surface area contributed by atoms with Crippen molar-refractivity contribution in [1.29, 1.82) is 5.26 Å². The standard InChI is InChI=1S/C14H15N5O/c1-19-6-5-16-14(19)13-11(4-7-20-13)18-12-3-2-10(8-15)9-17-12/h2-3,5-6,9,11,13H,4,7H2,1H3,(H,17,18)/t11-,13-/m0/s1. The Morgan fingerprint density at radius 3 is 3.00 bits per heavy atom. The molecule has 1 fully saturated rings. The van der Waals surface area contributed by atoms with Gasteiger partial charge >= 0.3 is 0 Å². The molecule has 0 bridgehead atoms. The van der Waals surface area contributed by atoms with E-state index in [-0.39, 0.29) is 12.1 Å². The third-order valence-electron chi connectivity index (χ3n) is 3.43. The highest BCUT2D eigenvalue weighted by molar-refractivity contribution is 5.40. The molecule has 3 rings (SSSR count). The second kappa shape index (κ2) is 5.31. The maximum atomic E-state index is 8.77. The monoisotopic (exact) mass is 269 g/mol. The number of nitrogens with zero attached hydrogens (tertiary/aromatic N) is 4. The normalized spacial score (nSPS) is 21.6. The topological polar surface area (TPSA) is 75.8 Å². The van der Waals surface area contributed by atoms with E-state index < -0.39 is 0 Å². The lowest BCUT2D eigenvalue weighted by molar-refractivity contribution is 0.0983. The number of pyridine rings is 1. The first-order chi connectivity index (χ1) is 9.78. The first-order valence-electron chi connectivity index (χ1n) is 6.49. The van der Waals surface area contributed by atoms with Gasteiger partial charge in [-0.1, -0.05) is 0 Å². The molecule has 0 aliphatic carbocycles. The molecule has 20 heavy (non-hydrogen) atoms. The molecule has 1 aliphatic heterocycles. The summed E-state index contributed by atoms with van der Waals surface area (Å²) < 4.78 is 7.75. The van der Waals surface area contributed by atoms with Crippen LogP contribution in [0.2, 0.25) is 0 Å². The minimum atomic E-state index is -0.0764. The van der Waals surface area contributed by atoms with E-state index in [1.807, 2.05) is 23.9 Å². The number of nitriles is 1. The lowest BCUT2D eigenvalue weighted by atomic mass is 10.1. The summed E-state index contributed by atoms with van der Waals surface area (Å²) in [6, 6.07) is 5.76. The second-order valence-electron chi connectivity index (χ2n) is 4.77. The highest BCUT2D eigenvalue weighted by Crippen LogP contribution is 2.29. The molecule has 0 amide bonds. The number of anilines is 1. The highest BCUT2D eigenvalue weighted by Gasteiger charge is 2.32. The van der Waals surface area contributed by atoms with E-state index in [2.05, 4.69) is 21.4 Å². The number of hydrogen-bond donors (Lipinski definition) is 1. The minimum absolute atomic E-state index is 0.0764. The summed E-state index contributed by atoms with van der Waals surface area (Å²) >= 11 is 0. The zero-order chi connectivity index (χ0) is 13.9. The first-order valence-corrected chi connectivity index (χ1v) is 6.49. The number of ether oxygens (including phenoxy) is 1. The molecule has 2 aromatic rings. The quantitative estimate of drug-likeness (QED) is 0.916. The number of imidazole rings is 1. The van der Waals surface area contributed by atoms with Gasteiger partial charge < -0.3 is 14.6 Å². The molecule has 0 aromatic carbocycles. The Morgan fingerprint density at radius 1 is 1.45 bits per heavy atom. The van der Waals surface area contributed by atoms with Crippen molar-refractivity contribution >= 4 is 5.82 Å². The van der Waals surface area contributed by atoms with Gasteiger partial charge in [0.2, 0.25) is 0 Å². The van der Waals surface area contributed by atoms with Crippen molar-refractivity contribution in [3.8, 4) is 6.07 Å². The summed E-state index contributed by atoms with van der Waals surface area (Å²) in [5, 5.41) is 12.1. The third-order valence-corrected chi connectivity index (χ3v) is 3.43. The van der Waals surface area contributed by atoms with Gasteiger partial charge in [0, 0.05) is 32.2 Å². The Morgan fingerprint density at radius 2 is 2.35 bits per heavy atom. The number of aryl methyl sites for hydroxylation is 1. The van der Waals surface area contributed by atoms with E-state index >= 15 is 0 Å². The van der Waals surface area contributed by atoms with E-state index in [0.717, 1.165) is 18.1 Å². The average molecular weight is 269 g/mol. The molecule has 1 aliphatic rings. The highest BCUT2D eigenvalue weighted by atomic mass is 16.5. The van der Waals surface area contributed by atoms with Crippen molar-refractivity contribution in [3.63, 3.8) is 0 Å². The summed E-state index contributed by atoms with van der Waals surface area (Å²) in [5.74, 6) is 1.66. The van der Waals surface area contributed by atoms with Gasteiger partial charge in [-0.3, -0.25) is 0 Å². The lowest BCUT2D eigenvalue weighted by Gasteiger charge is -2.20. The van der Waals surface area contributed by atoms with E-state index in [0.29, 0.717) is 12.2 Å². The fourth-order valence-corrected chi connectivity index (χ4v) is 2.38. The van der Waals surface area contributed by atoms with Gasteiger partial charge in [0.15, 0.2) is 0 Å². The molecule has 1 saturated heterocycles. The van der Waals surface area contributed by atoms with Crippen molar-refractivity contribution in [2.24, 2.45) is 7.05 Å². The van der Waals surface area contributed by atoms with Crippen molar-refractivity contribution in [2.45, 2.75) is 18.6 Å². The summed E-state index contributed by atoms with van der Waals surface area (Å²) in [6.45, 7) is 0.700. The van der Waals surface area contributed by atoms with Crippen LogP contribution in [-0.2, 0) is 11.8 Å². The maximum absolute atomic E-state index is 8.77. The van der Waals surface area contributed by atoms with Gasteiger partial charge in [-0.05, 0) is 18.6 Å². The Bertz CT molecular complexity index is 628. The van der Waals surface area contributed by atoms with E-state index in [4.69, 9.17) is 10.00 Å². The van der Waals surface area contributed by atoms with Crippen LogP contribution >= 0.6 is 0 Å². The Labute approximate surface area is 117 Å². The second-order valence-corrected chi connectivity index (χ2v) is 4.77. The molecule has 0 unspecified atom stereocenters. The van der Waals surface area contributed by atoms with Gasteiger partial charge in [0.1, 0.15) is 23.8 Å². The molecule has 0 saturated carbocycles. The van der Waals surface area contributed by atoms with Crippen LogP contribution in [0.3, 0.4) is 0 Å². The predicted octanol–water partition coefficient (Wildman–Crippen LogP) is 1.63. The predicted molar refractivity (Wildman–Crippen MR) is 72.9 cm³/mol. The summed E-state index contributed by atoms with van der Waals surface area (Å²) in [5.41, 5.74) is 0.555. The number of aromatic nitrogens is 3. The third kappa shape index (κ3) is 2.36. The van der Waals surface area contributed by atoms with Crippen LogP contribution in [0.5, 0.6) is 0 Å². The molecular formula is C14H15N5O. The van der Waals surface area contributed by atoms with Gasteiger partial charge in [-0.15, -0.1) is 0 Å². The summed E-state index contributed by atoms with van der Waals surface area (Å²) in [4.78, 5) is 8.59. The molecule has 3 heterocycles. The van der Waals surface area contributed by atoms with Crippen LogP contribution in [0.4, 0.5) is 5.82 Å². The van der Waals surface area contributed by atoms with E-state index in [1.54, 1.807) is 18.5 Å². The van der Waals surface area contributed by atoms with Crippen molar-refractivity contribution in [1.82, 2.24) is 14.5 Å². The molecule has 6 nitrogen and oxygen atoms in total. The lowest BCUT2D eigenvalue weighted by Crippen LogP contribution is -2.25. The van der Waals surface area contributed by atoms with E-state index in [9.17, 15) is 0 Å². The number of hydrogen-bond acceptors (Lipinski definition) is 5. The minimum Gasteiger partial charge on any atom is -0.368 e. The van der Waals surface area contributed by atoms with Gasteiger partial charge in [-0.2, -0.15) is 5.26 Å². The number of rotatable bonds is 3. The van der Waals surface area contributed by atoms with E-state index in [1.165, 1.54) is 0 Å². The SMILES string of the molecule is Cn1ccnc1[C@H]1OCC[C@@H]1Nc1ccc(C#N)cn1. The molecular weight excluding hydrogens is 254 g/mol. The smallest absolute Gasteiger partial charge is 0.139 e. The van der Waals surface area contributed by atoms with Gasteiger partial charge in [-0.25, -0.2) is 9.97 Å². The molecule has 0 radical (unpaired) electrons. The fourth-order valence-electron chi connectivity index (χ4n) is 2.38. The molecule has 0 spiro atoms. The van der Waals surface area contributed by atoms with Crippen molar-refractivity contribution in [3.05, 3.63) is 42.1 Å². The van der Waals surface area contributed by atoms with Crippen molar-refractivity contribution in [2.75, 3.05) is 11.9 Å². The molecule has 1 N–H and O–H groups in total. The molecule has 102 valence electrons. The van der Waals surface area contributed by atoms with Crippen LogP contribution in [0.25, 0.3) is 0 Å². The van der Waals surface area contributed by atoms with Crippen LogP contribution in [0.1, 0.15) is 23.9 Å². The average Bonchev–Trinajstić information content (AvgIpc) is 3.08.